The SMILES string of the molecule is CCC(C(=O)O)P(C(CC)C(=O)O)C(CC)C(=O)O. The maximum absolute atomic E-state index is 11.3. The van der Waals surface area contributed by atoms with Crippen molar-refractivity contribution in [3.63, 3.8) is 0 Å². The molecule has 0 fully saturated rings. The average molecular weight is 292 g/mol. The highest BCUT2D eigenvalue weighted by molar-refractivity contribution is 7.62. The molecule has 0 aromatic heterocycles. The third kappa shape index (κ3) is 4.46. The van der Waals surface area contributed by atoms with Crippen LogP contribution in [0, 0.1) is 0 Å². The molecule has 0 aromatic rings. The van der Waals surface area contributed by atoms with Crippen molar-refractivity contribution in [3.8, 4) is 0 Å². The van der Waals surface area contributed by atoms with Crippen molar-refractivity contribution in [2.45, 2.75) is 57.0 Å². The first-order valence-corrected chi connectivity index (χ1v) is 7.82. The molecule has 0 spiro atoms. The van der Waals surface area contributed by atoms with E-state index in [4.69, 9.17) is 0 Å². The molecule has 0 aliphatic carbocycles. The van der Waals surface area contributed by atoms with Gasteiger partial charge in [0, 0.05) is 0 Å². The molecular weight excluding hydrogens is 271 g/mol. The van der Waals surface area contributed by atoms with Crippen LogP contribution in [0.5, 0.6) is 0 Å². The van der Waals surface area contributed by atoms with Gasteiger partial charge in [-0.05, 0) is 19.3 Å². The number of aliphatic carboxylic acids is 3. The first kappa shape index (κ1) is 17.8. The zero-order valence-electron chi connectivity index (χ0n) is 11.4. The Morgan fingerprint density at radius 3 is 1.05 bits per heavy atom. The van der Waals surface area contributed by atoms with Crippen LogP contribution in [0.15, 0.2) is 0 Å². The normalized spacial score (nSPS) is 17.2. The Kier molecular flexibility index (Phi) is 7.61. The second kappa shape index (κ2) is 8.10. The fourth-order valence-corrected chi connectivity index (χ4v) is 5.52. The van der Waals surface area contributed by atoms with Crippen molar-refractivity contribution in [2.75, 3.05) is 0 Å². The monoisotopic (exact) mass is 292 g/mol. The van der Waals surface area contributed by atoms with Crippen LogP contribution >= 0.6 is 7.92 Å². The quantitative estimate of drug-likeness (QED) is 0.561. The highest BCUT2D eigenvalue weighted by Crippen LogP contribution is 2.54. The van der Waals surface area contributed by atoms with E-state index in [2.05, 4.69) is 0 Å². The predicted molar refractivity (Wildman–Crippen MR) is 72.1 cm³/mol. The van der Waals surface area contributed by atoms with Crippen molar-refractivity contribution in [3.05, 3.63) is 0 Å². The molecule has 0 heterocycles. The van der Waals surface area contributed by atoms with E-state index in [1.54, 1.807) is 20.8 Å². The minimum absolute atomic E-state index is 0.245. The van der Waals surface area contributed by atoms with E-state index in [-0.39, 0.29) is 19.3 Å². The smallest absolute Gasteiger partial charge is 0.310 e. The Balaban J connectivity index is 5.62. The summed E-state index contributed by atoms with van der Waals surface area (Å²) in [6, 6.07) is 0. The summed E-state index contributed by atoms with van der Waals surface area (Å²) < 4.78 is 0. The lowest BCUT2D eigenvalue weighted by Crippen LogP contribution is -2.35. The highest BCUT2D eigenvalue weighted by atomic mass is 31.1. The van der Waals surface area contributed by atoms with Crippen molar-refractivity contribution in [1.82, 2.24) is 0 Å². The van der Waals surface area contributed by atoms with E-state index in [0.29, 0.717) is 0 Å². The van der Waals surface area contributed by atoms with Crippen molar-refractivity contribution >= 4 is 25.8 Å². The van der Waals surface area contributed by atoms with E-state index in [9.17, 15) is 29.7 Å². The summed E-state index contributed by atoms with van der Waals surface area (Å²) in [5.74, 6) is -3.31. The molecule has 7 heteroatoms. The molecule has 0 saturated carbocycles. The van der Waals surface area contributed by atoms with Gasteiger partial charge < -0.3 is 15.3 Å². The molecule has 3 N–H and O–H groups in total. The molecule has 0 rings (SSSR count). The van der Waals surface area contributed by atoms with Gasteiger partial charge in [0.25, 0.3) is 0 Å². The van der Waals surface area contributed by atoms with Gasteiger partial charge in [-0.1, -0.05) is 28.7 Å². The maximum Gasteiger partial charge on any atom is 0.310 e. The lowest BCUT2D eigenvalue weighted by atomic mass is 10.3. The average Bonchev–Trinajstić information content (AvgIpc) is 2.29. The van der Waals surface area contributed by atoms with E-state index in [1.165, 1.54) is 0 Å². The van der Waals surface area contributed by atoms with Gasteiger partial charge >= 0.3 is 17.9 Å². The highest BCUT2D eigenvalue weighted by Gasteiger charge is 2.42. The molecule has 110 valence electrons. The van der Waals surface area contributed by atoms with Crippen LogP contribution in [0.3, 0.4) is 0 Å². The second-order valence-electron chi connectivity index (χ2n) is 4.23. The minimum Gasteiger partial charge on any atom is -0.481 e. The summed E-state index contributed by atoms with van der Waals surface area (Å²) in [5, 5.41) is 27.7. The molecular formula is C12H21O6P. The van der Waals surface area contributed by atoms with E-state index in [0.717, 1.165) is 0 Å². The lowest BCUT2D eigenvalue weighted by molar-refractivity contribution is -0.136. The van der Waals surface area contributed by atoms with Gasteiger partial charge in [-0.25, -0.2) is 0 Å². The second-order valence-corrected chi connectivity index (χ2v) is 7.00. The molecule has 0 aromatic carbocycles. The molecule has 19 heavy (non-hydrogen) atoms. The van der Waals surface area contributed by atoms with Gasteiger partial charge in [0.15, 0.2) is 0 Å². The third-order valence-corrected chi connectivity index (χ3v) is 7.01. The van der Waals surface area contributed by atoms with Crippen molar-refractivity contribution < 1.29 is 29.7 Å². The number of carboxylic acid groups (broad SMARTS) is 3. The summed E-state index contributed by atoms with van der Waals surface area (Å²) in [5.41, 5.74) is -2.67. The van der Waals surface area contributed by atoms with Crippen LogP contribution in [0.2, 0.25) is 0 Å². The van der Waals surface area contributed by atoms with E-state index in [1.807, 2.05) is 0 Å². The van der Waals surface area contributed by atoms with Gasteiger partial charge in [-0.2, -0.15) is 0 Å². The molecule has 0 saturated heterocycles. The number of hydrogen-bond acceptors (Lipinski definition) is 3. The van der Waals surface area contributed by atoms with Crippen LogP contribution < -0.4 is 0 Å². The molecule has 6 nitrogen and oxygen atoms in total. The molecule has 0 aliphatic rings. The van der Waals surface area contributed by atoms with E-state index >= 15 is 0 Å². The molecule has 0 bridgehead atoms. The molecule has 3 atom stereocenters. The van der Waals surface area contributed by atoms with Crippen LogP contribution in [0.25, 0.3) is 0 Å². The van der Waals surface area contributed by atoms with Crippen LogP contribution in [-0.2, 0) is 14.4 Å². The Bertz CT molecular complexity index is 291. The minimum atomic E-state index is -1.67. The Morgan fingerprint density at radius 1 is 0.737 bits per heavy atom. The largest absolute Gasteiger partial charge is 0.481 e. The fourth-order valence-electron chi connectivity index (χ4n) is 2.19. The number of carboxylic acids is 3. The fraction of sp³-hybridized carbons (Fsp3) is 0.750. The molecule has 0 radical (unpaired) electrons. The van der Waals surface area contributed by atoms with Crippen LogP contribution in [0.1, 0.15) is 40.0 Å². The molecule has 0 amide bonds. The summed E-state index contributed by atoms with van der Waals surface area (Å²) in [4.78, 5) is 33.9. The number of carbonyl (C=O) groups is 3. The summed E-state index contributed by atoms with van der Waals surface area (Å²) in [6.45, 7) is 4.95. The zero-order chi connectivity index (χ0) is 15.2. The Hall–Kier alpha value is -1.16. The summed E-state index contributed by atoms with van der Waals surface area (Å²) in [7, 11) is -1.67. The summed E-state index contributed by atoms with van der Waals surface area (Å²) >= 11 is 0. The molecule has 0 aliphatic heterocycles. The first-order valence-electron chi connectivity index (χ1n) is 6.27. The Morgan fingerprint density at radius 2 is 0.947 bits per heavy atom. The van der Waals surface area contributed by atoms with Crippen molar-refractivity contribution in [1.29, 1.82) is 0 Å². The van der Waals surface area contributed by atoms with Gasteiger partial charge in [0.2, 0.25) is 0 Å². The van der Waals surface area contributed by atoms with Crippen LogP contribution in [0.4, 0.5) is 0 Å². The Labute approximate surface area is 113 Å². The zero-order valence-corrected chi connectivity index (χ0v) is 12.3. The van der Waals surface area contributed by atoms with Gasteiger partial charge in [0.05, 0.1) is 17.0 Å². The third-order valence-electron chi connectivity index (χ3n) is 3.09. The molecule has 3 unspecified atom stereocenters. The maximum atomic E-state index is 11.3. The van der Waals surface area contributed by atoms with Gasteiger partial charge in [-0.3, -0.25) is 14.4 Å². The van der Waals surface area contributed by atoms with Gasteiger partial charge in [0.1, 0.15) is 0 Å². The van der Waals surface area contributed by atoms with Gasteiger partial charge in [-0.15, -0.1) is 0 Å². The van der Waals surface area contributed by atoms with E-state index < -0.39 is 42.8 Å². The number of rotatable bonds is 9. The van der Waals surface area contributed by atoms with Crippen LogP contribution in [-0.4, -0.2) is 50.2 Å². The standard InChI is InChI=1S/C12H21O6P/c1-4-7(10(13)14)19(8(5-2)11(15)16)9(6-3)12(17)18/h7-9H,4-6H2,1-3H3,(H,13,14)(H,15,16)(H,17,18). The predicted octanol–water partition coefficient (Wildman–Crippen LogP) is 2.06. The van der Waals surface area contributed by atoms with Crippen molar-refractivity contribution in [2.24, 2.45) is 0 Å². The lowest BCUT2D eigenvalue weighted by Gasteiger charge is -2.33. The first-order chi connectivity index (χ1) is 8.81. The topological polar surface area (TPSA) is 112 Å². The number of hydrogen-bond donors (Lipinski definition) is 3. The summed E-state index contributed by atoms with van der Waals surface area (Å²) in [6.07, 6.45) is 0.734.